The highest BCUT2D eigenvalue weighted by Gasteiger charge is 2.20. The lowest BCUT2D eigenvalue weighted by molar-refractivity contribution is 0.426. The van der Waals surface area contributed by atoms with E-state index in [1.165, 1.54) is 44.6 Å². The lowest BCUT2D eigenvalue weighted by Crippen LogP contribution is -2.04. The fraction of sp³-hybridized carbons (Fsp3) is 0.600. The van der Waals surface area contributed by atoms with Crippen molar-refractivity contribution in [3.63, 3.8) is 0 Å². The summed E-state index contributed by atoms with van der Waals surface area (Å²) >= 11 is 9.59. The van der Waals surface area contributed by atoms with Crippen LogP contribution >= 0.6 is 27.5 Å². The lowest BCUT2D eigenvalue weighted by atomic mass is 9.93. The smallest absolute Gasteiger partial charge is 0.160 e. The molecule has 0 heterocycles. The summed E-state index contributed by atoms with van der Waals surface area (Å²) in [5, 5.41) is 0.300. The fourth-order valence-electron chi connectivity index (χ4n) is 2.80. The second-order valence-corrected chi connectivity index (χ2v) is 6.86. The Hall–Kier alpha value is -0.150. The average Bonchev–Trinajstić information content (AvgIpc) is 2.62. The van der Waals surface area contributed by atoms with Crippen molar-refractivity contribution in [1.82, 2.24) is 0 Å². The highest BCUT2D eigenvalue weighted by atomic mass is 79.9. The van der Waals surface area contributed by atoms with Crippen LogP contribution in [-0.4, -0.2) is 0 Å². The Labute approximate surface area is 126 Å². The molecule has 1 aliphatic rings. The third-order valence-electron chi connectivity index (χ3n) is 3.89. The van der Waals surface area contributed by atoms with Gasteiger partial charge in [0, 0.05) is 9.85 Å². The molecule has 1 aromatic rings. The van der Waals surface area contributed by atoms with Crippen molar-refractivity contribution >= 4 is 27.5 Å². The summed E-state index contributed by atoms with van der Waals surface area (Å²) in [4.78, 5) is -0.00167. The van der Waals surface area contributed by atoms with Crippen LogP contribution in [-0.2, 0) is 0 Å². The number of hydrogen-bond acceptors (Lipinski definition) is 0. The van der Waals surface area contributed by atoms with E-state index in [2.05, 4.69) is 15.9 Å². The number of hydrogen-bond donors (Lipinski definition) is 0. The van der Waals surface area contributed by atoms with Gasteiger partial charge in [-0.3, -0.25) is 0 Å². The molecule has 4 heteroatoms. The van der Waals surface area contributed by atoms with Gasteiger partial charge in [-0.15, -0.1) is 0 Å². The third kappa shape index (κ3) is 4.16. The van der Waals surface area contributed by atoms with Crippen LogP contribution in [0.3, 0.4) is 0 Å². The highest BCUT2D eigenvalue weighted by molar-refractivity contribution is 9.09. The second-order valence-electron chi connectivity index (χ2n) is 5.35. The van der Waals surface area contributed by atoms with Crippen LogP contribution in [0.4, 0.5) is 8.78 Å². The van der Waals surface area contributed by atoms with E-state index in [1.54, 1.807) is 0 Å². The molecule has 1 unspecified atom stereocenters. The zero-order valence-corrected chi connectivity index (χ0v) is 13.1. The summed E-state index contributed by atoms with van der Waals surface area (Å²) in [5.41, 5.74) is 0.657. The number of halogens is 4. The molecule has 2 rings (SSSR count). The molecule has 1 aliphatic carbocycles. The van der Waals surface area contributed by atoms with Crippen molar-refractivity contribution in [1.29, 1.82) is 0 Å². The van der Waals surface area contributed by atoms with Gasteiger partial charge in [0.05, 0.1) is 0 Å². The zero-order chi connectivity index (χ0) is 13.8. The van der Waals surface area contributed by atoms with E-state index >= 15 is 0 Å². The first-order valence-corrected chi connectivity index (χ1v) is 8.16. The van der Waals surface area contributed by atoms with Crippen LogP contribution in [0.15, 0.2) is 12.1 Å². The minimum atomic E-state index is -0.886. The van der Waals surface area contributed by atoms with Gasteiger partial charge in [-0.25, -0.2) is 8.78 Å². The summed E-state index contributed by atoms with van der Waals surface area (Å²) in [7, 11) is 0. The summed E-state index contributed by atoms with van der Waals surface area (Å²) in [6, 6.07) is 2.28. The molecule has 19 heavy (non-hydrogen) atoms. The number of rotatable bonds is 3. The predicted octanol–water partition coefficient (Wildman–Crippen LogP) is 6.41. The first-order chi connectivity index (χ1) is 9.08. The van der Waals surface area contributed by atoms with Crippen LogP contribution in [0.5, 0.6) is 0 Å². The zero-order valence-electron chi connectivity index (χ0n) is 10.8. The topological polar surface area (TPSA) is 0 Å². The largest absolute Gasteiger partial charge is 0.204 e. The summed E-state index contributed by atoms with van der Waals surface area (Å²) in [5.74, 6) is -1.07. The van der Waals surface area contributed by atoms with Crippen LogP contribution in [0, 0.1) is 17.6 Å². The van der Waals surface area contributed by atoms with Gasteiger partial charge < -0.3 is 0 Å². The van der Waals surface area contributed by atoms with E-state index in [9.17, 15) is 8.78 Å². The molecular weight excluding hydrogens is 334 g/mol. The quantitative estimate of drug-likeness (QED) is 0.335. The van der Waals surface area contributed by atoms with Crippen LogP contribution in [0.25, 0.3) is 0 Å². The molecule has 0 aromatic heterocycles. The monoisotopic (exact) mass is 350 g/mol. The van der Waals surface area contributed by atoms with Crippen molar-refractivity contribution in [3.8, 4) is 0 Å². The highest BCUT2D eigenvalue weighted by Crippen LogP contribution is 2.39. The Morgan fingerprint density at radius 3 is 2.32 bits per heavy atom. The Kier molecular flexibility index (Phi) is 5.64. The third-order valence-corrected chi connectivity index (χ3v) is 5.09. The van der Waals surface area contributed by atoms with Crippen LogP contribution in [0.1, 0.15) is 55.3 Å². The maximum atomic E-state index is 13.3. The van der Waals surface area contributed by atoms with Crippen molar-refractivity contribution in [2.24, 2.45) is 5.92 Å². The minimum absolute atomic E-state index is 0.00167. The van der Waals surface area contributed by atoms with Gasteiger partial charge in [0.15, 0.2) is 11.6 Å². The Morgan fingerprint density at radius 2 is 1.68 bits per heavy atom. The first-order valence-electron chi connectivity index (χ1n) is 6.86. The molecule has 0 spiro atoms. The molecule has 0 amide bonds. The molecule has 106 valence electrons. The molecule has 0 saturated heterocycles. The maximum absolute atomic E-state index is 13.3. The van der Waals surface area contributed by atoms with E-state index in [0.29, 0.717) is 16.5 Å². The predicted molar refractivity (Wildman–Crippen MR) is 78.8 cm³/mol. The molecule has 0 bridgehead atoms. The lowest BCUT2D eigenvalue weighted by Gasteiger charge is -2.19. The van der Waals surface area contributed by atoms with E-state index in [4.69, 9.17) is 11.6 Å². The summed E-state index contributed by atoms with van der Waals surface area (Å²) in [6.45, 7) is 0. The van der Waals surface area contributed by atoms with Gasteiger partial charge >= 0.3 is 0 Å². The molecule has 1 saturated carbocycles. The van der Waals surface area contributed by atoms with E-state index in [0.717, 1.165) is 12.5 Å². The summed E-state index contributed by atoms with van der Waals surface area (Å²) < 4.78 is 26.4. The fourth-order valence-corrected chi connectivity index (χ4v) is 4.12. The summed E-state index contributed by atoms with van der Waals surface area (Å²) in [6.07, 6.45) is 8.56. The van der Waals surface area contributed by atoms with Gasteiger partial charge in [-0.2, -0.15) is 0 Å². The van der Waals surface area contributed by atoms with E-state index in [-0.39, 0.29) is 4.83 Å². The van der Waals surface area contributed by atoms with Gasteiger partial charge in [0.1, 0.15) is 0 Å². The Balaban J connectivity index is 2.06. The minimum Gasteiger partial charge on any atom is -0.204 e. The van der Waals surface area contributed by atoms with Crippen molar-refractivity contribution in [3.05, 3.63) is 34.4 Å². The standard InChI is InChI=1S/C15H18BrClF2/c16-12(7-10-5-3-1-2-4-6-10)11-8-14(18)15(19)9-13(11)17/h8-10,12H,1-7H2. The van der Waals surface area contributed by atoms with Crippen molar-refractivity contribution < 1.29 is 8.78 Å². The van der Waals surface area contributed by atoms with Gasteiger partial charge in [0.2, 0.25) is 0 Å². The Bertz CT molecular complexity index is 428. The molecule has 0 radical (unpaired) electrons. The molecule has 1 atom stereocenters. The molecular formula is C15H18BrClF2. The van der Waals surface area contributed by atoms with Crippen molar-refractivity contribution in [2.45, 2.75) is 49.8 Å². The SMILES string of the molecule is Fc1cc(Cl)c(C(Br)CC2CCCCCC2)cc1F. The van der Waals surface area contributed by atoms with Gasteiger partial charge in [-0.05, 0) is 30.0 Å². The van der Waals surface area contributed by atoms with Gasteiger partial charge in [0.25, 0.3) is 0 Å². The van der Waals surface area contributed by atoms with E-state index in [1.807, 2.05) is 0 Å². The average molecular weight is 352 g/mol. The van der Waals surface area contributed by atoms with Crippen molar-refractivity contribution in [2.75, 3.05) is 0 Å². The maximum Gasteiger partial charge on any atom is 0.160 e. The normalized spacial score (nSPS) is 19.2. The molecule has 1 aromatic carbocycles. The Morgan fingerprint density at radius 1 is 1.11 bits per heavy atom. The van der Waals surface area contributed by atoms with Crippen LogP contribution < -0.4 is 0 Å². The van der Waals surface area contributed by atoms with Crippen LogP contribution in [0.2, 0.25) is 5.02 Å². The first kappa shape index (κ1) is 15.2. The molecule has 0 N–H and O–H groups in total. The molecule has 0 aliphatic heterocycles. The number of benzene rings is 1. The van der Waals surface area contributed by atoms with E-state index < -0.39 is 11.6 Å². The second kappa shape index (κ2) is 7.03. The molecule has 0 nitrogen and oxygen atoms in total. The molecule has 1 fully saturated rings. The number of alkyl halides is 1. The van der Waals surface area contributed by atoms with Gasteiger partial charge in [-0.1, -0.05) is 66.1 Å².